The summed E-state index contributed by atoms with van der Waals surface area (Å²) in [6, 6.07) is 5.84. The Morgan fingerprint density at radius 3 is 2.81 bits per heavy atom. The molecule has 1 heterocycles. The molecular weight excluding hydrogens is 242 g/mol. The van der Waals surface area contributed by atoms with Crippen LogP contribution in [0.3, 0.4) is 0 Å². The molecule has 1 aromatic carbocycles. The quantitative estimate of drug-likeness (QED) is 0.834. The summed E-state index contributed by atoms with van der Waals surface area (Å²) in [4.78, 5) is 0.352. The van der Waals surface area contributed by atoms with E-state index in [1.54, 1.807) is 17.1 Å². The standard InChI is InChI=1S/C11H10ClN3S/c1-7-2-3-10(9(4-7)11(13)16)15-6-8(12)5-14-15/h2-6H,1H3,(H2,13,16). The Morgan fingerprint density at radius 2 is 2.25 bits per heavy atom. The van der Waals surface area contributed by atoms with Crippen molar-refractivity contribution in [3.63, 3.8) is 0 Å². The van der Waals surface area contributed by atoms with Gasteiger partial charge in [-0.1, -0.05) is 35.4 Å². The van der Waals surface area contributed by atoms with Crippen LogP contribution >= 0.6 is 23.8 Å². The minimum atomic E-state index is 0.352. The lowest BCUT2D eigenvalue weighted by molar-refractivity contribution is 0.878. The maximum atomic E-state index is 5.83. The topological polar surface area (TPSA) is 43.8 Å². The number of benzene rings is 1. The summed E-state index contributed by atoms with van der Waals surface area (Å²) in [5.74, 6) is 0. The molecular formula is C11H10ClN3S. The molecule has 0 atom stereocenters. The third-order valence-corrected chi connectivity index (χ3v) is 2.63. The number of aromatic nitrogens is 2. The van der Waals surface area contributed by atoms with Crippen LogP contribution in [-0.2, 0) is 0 Å². The van der Waals surface area contributed by atoms with Crippen molar-refractivity contribution in [1.29, 1.82) is 0 Å². The number of halogens is 1. The van der Waals surface area contributed by atoms with E-state index in [-0.39, 0.29) is 0 Å². The fraction of sp³-hybridized carbons (Fsp3) is 0.0909. The van der Waals surface area contributed by atoms with Gasteiger partial charge in [0.15, 0.2) is 0 Å². The van der Waals surface area contributed by atoms with Crippen LogP contribution in [0.5, 0.6) is 0 Å². The number of thiocarbonyl (C=S) groups is 1. The smallest absolute Gasteiger partial charge is 0.106 e. The second-order valence-electron chi connectivity index (χ2n) is 3.49. The summed E-state index contributed by atoms with van der Waals surface area (Å²) in [6.07, 6.45) is 3.29. The van der Waals surface area contributed by atoms with Gasteiger partial charge in [-0.3, -0.25) is 0 Å². The zero-order valence-corrected chi connectivity index (χ0v) is 10.2. The van der Waals surface area contributed by atoms with E-state index >= 15 is 0 Å². The molecule has 0 aliphatic rings. The van der Waals surface area contributed by atoms with E-state index in [0.29, 0.717) is 10.0 Å². The van der Waals surface area contributed by atoms with Crippen molar-refractivity contribution in [3.05, 3.63) is 46.7 Å². The van der Waals surface area contributed by atoms with Crippen molar-refractivity contribution in [2.24, 2.45) is 5.73 Å². The fourth-order valence-electron chi connectivity index (χ4n) is 1.48. The van der Waals surface area contributed by atoms with E-state index < -0.39 is 0 Å². The Hall–Kier alpha value is -1.39. The maximum Gasteiger partial charge on any atom is 0.106 e. The van der Waals surface area contributed by atoms with E-state index in [0.717, 1.165) is 16.8 Å². The first-order valence-corrected chi connectivity index (χ1v) is 5.47. The van der Waals surface area contributed by atoms with Gasteiger partial charge in [0, 0.05) is 11.8 Å². The van der Waals surface area contributed by atoms with Gasteiger partial charge in [-0.2, -0.15) is 5.10 Å². The summed E-state index contributed by atoms with van der Waals surface area (Å²) in [5.41, 5.74) is 8.43. The van der Waals surface area contributed by atoms with Crippen molar-refractivity contribution in [1.82, 2.24) is 9.78 Å². The molecule has 0 bridgehead atoms. The molecule has 1 aromatic heterocycles. The molecule has 0 spiro atoms. The highest BCUT2D eigenvalue weighted by Gasteiger charge is 2.08. The molecule has 0 saturated heterocycles. The number of aryl methyl sites for hydroxylation is 1. The average Bonchev–Trinajstić information content (AvgIpc) is 2.64. The second-order valence-corrected chi connectivity index (χ2v) is 4.36. The van der Waals surface area contributed by atoms with Crippen molar-refractivity contribution >= 4 is 28.8 Å². The van der Waals surface area contributed by atoms with Gasteiger partial charge in [0.1, 0.15) is 4.99 Å². The monoisotopic (exact) mass is 251 g/mol. The van der Waals surface area contributed by atoms with E-state index in [9.17, 15) is 0 Å². The normalized spacial score (nSPS) is 10.4. The third-order valence-electron chi connectivity index (χ3n) is 2.22. The van der Waals surface area contributed by atoms with Crippen molar-refractivity contribution in [3.8, 4) is 5.69 Å². The molecule has 0 aliphatic carbocycles. The Bertz CT molecular complexity index is 548. The van der Waals surface area contributed by atoms with Crippen LogP contribution in [0, 0.1) is 6.92 Å². The molecule has 0 aliphatic heterocycles. The predicted octanol–water partition coefficient (Wildman–Crippen LogP) is 2.47. The molecule has 82 valence electrons. The molecule has 5 heteroatoms. The molecule has 0 unspecified atom stereocenters. The summed E-state index contributed by atoms with van der Waals surface area (Å²) in [6.45, 7) is 1.99. The largest absolute Gasteiger partial charge is 0.389 e. The van der Waals surface area contributed by atoms with Crippen LogP contribution in [0.1, 0.15) is 11.1 Å². The van der Waals surface area contributed by atoms with Crippen LogP contribution in [-0.4, -0.2) is 14.8 Å². The summed E-state index contributed by atoms with van der Waals surface area (Å²) >= 11 is 10.8. The molecule has 0 saturated carbocycles. The van der Waals surface area contributed by atoms with Crippen LogP contribution in [0.15, 0.2) is 30.6 Å². The number of nitrogens with zero attached hydrogens (tertiary/aromatic N) is 2. The van der Waals surface area contributed by atoms with E-state index in [1.165, 1.54) is 0 Å². The SMILES string of the molecule is Cc1ccc(-n2cc(Cl)cn2)c(C(N)=S)c1. The molecule has 0 amide bonds. The number of hydrogen-bond donors (Lipinski definition) is 1. The van der Waals surface area contributed by atoms with Crippen LogP contribution in [0.25, 0.3) is 5.69 Å². The maximum absolute atomic E-state index is 5.83. The Morgan fingerprint density at radius 1 is 1.50 bits per heavy atom. The zero-order valence-electron chi connectivity index (χ0n) is 8.64. The Kier molecular flexibility index (Phi) is 2.94. The van der Waals surface area contributed by atoms with Gasteiger partial charge in [0.2, 0.25) is 0 Å². The van der Waals surface area contributed by atoms with Gasteiger partial charge in [-0.05, 0) is 19.1 Å². The average molecular weight is 252 g/mol. The second kappa shape index (κ2) is 4.23. The van der Waals surface area contributed by atoms with Crippen molar-refractivity contribution < 1.29 is 0 Å². The highest BCUT2D eigenvalue weighted by molar-refractivity contribution is 7.80. The number of hydrogen-bond acceptors (Lipinski definition) is 2. The lowest BCUT2D eigenvalue weighted by Crippen LogP contribution is -2.13. The van der Waals surface area contributed by atoms with Crippen LogP contribution in [0.2, 0.25) is 5.02 Å². The Balaban J connectivity index is 2.60. The van der Waals surface area contributed by atoms with Gasteiger partial charge in [-0.15, -0.1) is 0 Å². The van der Waals surface area contributed by atoms with Crippen molar-refractivity contribution in [2.45, 2.75) is 6.92 Å². The first kappa shape index (κ1) is 11.1. The zero-order chi connectivity index (χ0) is 11.7. The highest BCUT2D eigenvalue weighted by Crippen LogP contribution is 2.18. The molecule has 3 nitrogen and oxygen atoms in total. The molecule has 2 aromatic rings. The minimum Gasteiger partial charge on any atom is -0.389 e. The first-order valence-electron chi connectivity index (χ1n) is 4.69. The first-order chi connectivity index (χ1) is 7.58. The molecule has 2 rings (SSSR count). The van der Waals surface area contributed by atoms with Gasteiger partial charge < -0.3 is 5.73 Å². The molecule has 0 radical (unpaired) electrons. The van der Waals surface area contributed by atoms with Crippen LogP contribution < -0.4 is 5.73 Å². The third kappa shape index (κ3) is 2.08. The van der Waals surface area contributed by atoms with E-state index in [1.807, 2.05) is 25.1 Å². The van der Waals surface area contributed by atoms with Gasteiger partial charge in [0.25, 0.3) is 0 Å². The lowest BCUT2D eigenvalue weighted by Gasteiger charge is -2.08. The van der Waals surface area contributed by atoms with Gasteiger partial charge >= 0.3 is 0 Å². The van der Waals surface area contributed by atoms with E-state index in [4.69, 9.17) is 29.6 Å². The molecule has 0 fully saturated rings. The summed E-state index contributed by atoms with van der Waals surface area (Å²) < 4.78 is 1.66. The van der Waals surface area contributed by atoms with Crippen LogP contribution in [0.4, 0.5) is 0 Å². The molecule has 16 heavy (non-hydrogen) atoms. The highest BCUT2D eigenvalue weighted by atomic mass is 35.5. The summed E-state index contributed by atoms with van der Waals surface area (Å²) in [5, 5.41) is 4.71. The van der Waals surface area contributed by atoms with Gasteiger partial charge in [-0.25, -0.2) is 4.68 Å². The Labute approximate surface area is 104 Å². The number of nitrogens with two attached hydrogens (primary N) is 1. The van der Waals surface area contributed by atoms with Crippen molar-refractivity contribution in [2.75, 3.05) is 0 Å². The fourth-order valence-corrected chi connectivity index (χ4v) is 1.78. The van der Waals surface area contributed by atoms with E-state index in [2.05, 4.69) is 5.10 Å². The minimum absolute atomic E-state index is 0.352. The summed E-state index contributed by atoms with van der Waals surface area (Å²) in [7, 11) is 0. The lowest BCUT2D eigenvalue weighted by atomic mass is 10.1. The predicted molar refractivity (Wildman–Crippen MR) is 69.2 cm³/mol. The van der Waals surface area contributed by atoms with Gasteiger partial charge in [0.05, 0.1) is 16.9 Å². The number of rotatable bonds is 2. The molecule has 2 N–H and O–H groups in total.